The monoisotopic (exact) mass is 417 g/mol. The van der Waals surface area contributed by atoms with E-state index < -0.39 is 11.8 Å². The average Bonchev–Trinajstić information content (AvgIpc) is 2.70. The molecule has 2 rings (SSSR count). The van der Waals surface area contributed by atoms with Gasteiger partial charge in [-0.05, 0) is 0 Å². The normalized spacial score (nSPS) is 14.0. The summed E-state index contributed by atoms with van der Waals surface area (Å²) in [6, 6.07) is 0. The highest BCUT2D eigenvalue weighted by molar-refractivity contribution is 9.09. The number of hydrogen-bond acceptors (Lipinski definition) is 5. The van der Waals surface area contributed by atoms with Crippen LogP contribution in [-0.2, 0) is 15.5 Å². The molecule has 0 saturated carbocycles. The second-order valence-electron chi connectivity index (χ2n) is 4.90. The van der Waals surface area contributed by atoms with E-state index in [9.17, 15) is 14.4 Å². The van der Waals surface area contributed by atoms with Gasteiger partial charge in [0.15, 0.2) is 17.2 Å². The number of fused-ring (bicyclic) bond motifs is 1. The molecule has 2 heterocycles. The van der Waals surface area contributed by atoms with Crippen molar-refractivity contribution in [1.29, 1.82) is 0 Å². The van der Waals surface area contributed by atoms with Crippen molar-refractivity contribution in [3.05, 3.63) is 22.8 Å². The number of imide groups is 1. The molecule has 0 aromatic carbocycles. The Morgan fingerprint density at radius 3 is 1.81 bits per heavy atom. The van der Waals surface area contributed by atoms with Crippen LogP contribution in [0.25, 0.3) is 0 Å². The molecule has 0 saturated heterocycles. The van der Waals surface area contributed by atoms with E-state index in [-0.39, 0.29) is 29.6 Å². The Morgan fingerprint density at radius 1 is 1.05 bits per heavy atom. The third kappa shape index (κ3) is 2.91. The highest BCUT2D eigenvalue weighted by Crippen LogP contribution is 2.23. The van der Waals surface area contributed by atoms with Crippen molar-refractivity contribution in [3.63, 3.8) is 0 Å². The topological polar surface area (TPSA) is 80.2 Å². The van der Waals surface area contributed by atoms with Crippen molar-refractivity contribution in [2.24, 2.45) is 5.92 Å². The molecule has 1 aromatic heterocycles. The van der Waals surface area contributed by atoms with Crippen LogP contribution >= 0.6 is 31.9 Å². The number of alkyl halides is 2. The van der Waals surface area contributed by atoms with E-state index >= 15 is 0 Å². The van der Waals surface area contributed by atoms with Crippen LogP contribution in [0.2, 0.25) is 0 Å². The fourth-order valence-electron chi connectivity index (χ4n) is 1.85. The number of amides is 2. The standard InChI is InChI=1S/C13H13Br2N3O3/c1-6(2)9(19)5-18-12(20)10-11(13(18)21)17-8(4-15)7(3-14)16-10/h6H,3-5H2,1-2H3. The SMILES string of the molecule is CC(C)C(=O)CN1C(=O)c2nc(CBr)c(CBr)nc2C1=O. The summed E-state index contributed by atoms with van der Waals surface area (Å²) in [6.07, 6.45) is 0. The van der Waals surface area contributed by atoms with Crippen LogP contribution in [0.3, 0.4) is 0 Å². The van der Waals surface area contributed by atoms with E-state index in [1.54, 1.807) is 13.8 Å². The van der Waals surface area contributed by atoms with Gasteiger partial charge in [-0.15, -0.1) is 0 Å². The van der Waals surface area contributed by atoms with Gasteiger partial charge < -0.3 is 0 Å². The predicted octanol–water partition coefficient (Wildman–Crippen LogP) is 2.09. The van der Waals surface area contributed by atoms with E-state index in [2.05, 4.69) is 41.8 Å². The maximum absolute atomic E-state index is 12.3. The minimum atomic E-state index is -0.556. The van der Waals surface area contributed by atoms with Crippen molar-refractivity contribution in [2.75, 3.05) is 6.54 Å². The Kier molecular flexibility index (Phi) is 4.88. The van der Waals surface area contributed by atoms with Gasteiger partial charge >= 0.3 is 0 Å². The first-order valence-corrected chi connectivity index (χ1v) is 8.55. The number of carbonyl (C=O) groups is 3. The van der Waals surface area contributed by atoms with Gasteiger partial charge in [0, 0.05) is 16.6 Å². The Balaban J connectivity index is 2.40. The lowest BCUT2D eigenvalue weighted by molar-refractivity contribution is -0.122. The lowest BCUT2D eigenvalue weighted by Gasteiger charge is -2.13. The first kappa shape index (κ1) is 16.2. The summed E-state index contributed by atoms with van der Waals surface area (Å²) in [5.41, 5.74) is 1.25. The molecular weight excluding hydrogens is 406 g/mol. The molecule has 0 radical (unpaired) electrons. The summed E-state index contributed by atoms with van der Waals surface area (Å²) in [6.45, 7) is 3.21. The molecule has 1 aromatic rings. The van der Waals surface area contributed by atoms with Crippen molar-refractivity contribution in [1.82, 2.24) is 14.9 Å². The smallest absolute Gasteiger partial charge is 0.282 e. The number of carbonyl (C=O) groups excluding carboxylic acids is 3. The number of rotatable bonds is 5. The summed E-state index contributed by atoms with van der Waals surface area (Å²) >= 11 is 6.56. The van der Waals surface area contributed by atoms with E-state index in [1.165, 1.54) is 0 Å². The van der Waals surface area contributed by atoms with E-state index in [0.717, 1.165) is 4.90 Å². The van der Waals surface area contributed by atoms with Crippen LogP contribution in [0.4, 0.5) is 0 Å². The van der Waals surface area contributed by atoms with E-state index in [4.69, 9.17) is 0 Å². The molecule has 0 spiro atoms. The van der Waals surface area contributed by atoms with Crippen molar-refractivity contribution in [2.45, 2.75) is 24.5 Å². The zero-order chi connectivity index (χ0) is 15.7. The second kappa shape index (κ2) is 6.31. The quantitative estimate of drug-likeness (QED) is 0.540. The highest BCUT2D eigenvalue weighted by Gasteiger charge is 2.40. The lowest BCUT2D eigenvalue weighted by Crippen LogP contribution is -2.36. The zero-order valence-corrected chi connectivity index (χ0v) is 14.7. The third-order valence-electron chi connectivity index (χ3n) is 3.16. The summed E-state index contributed by atoms with van der Waals surface area (Å²) < 4.78 is 0. The van der Waals surface area contributed by atoms with Crippen molar-refractivity contribution < 1.29 is 14.4 Å². The van der Waals surface area contributed by atoms with Gasteiger partial charge in [0.25, 0.3) is 11.8 Å². The van der Waals surface area contributed by atoms with Crippen LogP contribution in [0.5, 0.6) is 0 Å². The van der Waals surface area contributed by atoms with Crippen molar-refractivity contribution >= 4 is 49.5 Å². The summed E-state index contributed by atoms with van der Waals surface area (Å²) in [7, 11) is 0. The maximum Gasteiger partial charge on any atom is 0.282 e. The number of nitrogens with zero attached hydrogens (tertiary/aromatic N) is 3. The lowest BCUT2D eigenvalue weighted by atomic mass is 10.1. The van der Waals surface area contributed by atoms with Crippen LogP contribution in [-0.4, -0.2) is 39.0 Å². The van der Waals surface area contributed by atoms with Crippen LogP contribution in [0.1, 0.15) is 46.2 Å². The Bertz CT molecular complexity index is 588. The molecule has 6 nitrogen and oxygen atoms in total. The minimum Gasteiger partial charge on any atom is -0.297 e. The second-order valence-corrected chi connectivity index (χ2v) is 6.02. The molecule has 1 aliphatic heterocycles. The number of hydrogen-bond donors (Lipinski definition) is 0. The summed E-state index contributed by atoms with van der Waals surface area (Å²) in [5, 5.41) is 0.862. The first-order valence-electron chi connectivity index (χ1n) is 6.31. The van der Waals surface area contributed by atoms with Gasteiger partial charge in [0.05, 0.1) is 17.9 Å². The van der Waals surface area contributed by atoms with Gasteiger partial charge in [-0.2, -0.15) is 0 Å². The first-order chi connectivity index (χ1) is 9.90. The third-order valence-corrected chi connectivity index (χ3v) is 4.22. The molecule has 0 bridgehead atoms. The fraction of sp³-hybridized carbons (Fsp3) is 0.462. The van der Waals surface area contributed by atoms with Crippen molar-refractivity contribution in [3.8, 4) is 0 Å². The number of Topliss-reactive ketones (excluding diaryl/α,β-unsaturated/α-hetero) is 1. The predicted molar refractivity (Wildman–Crippen MR) is 82.5 cm³/mol. The molecule has 0 atom stereocenters. The van der Waals surface area contributed by atoms with Crippen LogP contribution in [0, 0.1) is 5.92 Å². The Hall–Kier alpha value is -1.15. The Morgan fingerprint density at radius 2 is 1.48 bits per heavy atom. The minimum absolute atomic E-state index is 0.0238. The number of ketones is 1. The zero-order valence-electron chi connectivity index (χ0n) is 11.5. The average molecular weight is 419 g/mol. The maximum atomic E-state index is 12.3. The molecule has 112 valence electrons. The van der Waals surface area contributed by atoms with E-state index in [1.807, 2.05) is 0 Å². The fourth-order valence-corrected chi connectivity index (χ4v) is 2.75. The van der Waals surface area contributed by atoms with Gasteiger partial charge in [-0.3, -0.25) is 19.3 Å². The largest absolute Gasteiger partial charge is 0.297 e. The molecule has 1 aliphatic rings. The molecular formula is C13H13Br2N3O3. The molecule has 2 amide bonds. The molecule has 0 N–H and O–H groups in total. The molecule has 8 heteroatoms. The van der Waals surface area contributed by atoms with E-state index in [0.29, 0.717) is 22.0 Å². The molecule has 21 heavy (non-hydrogen) atoms. The number of aromatic nitrogens is 2. The van der Waals surface area contributed by atoms with Crippen LogP contribution in [0.15, 0.2) is 0 Å². The van der Waals surface area contributed by atoms with Crippen LogP contribution < -0.4 is 0 Å². The summed E-state index contributed by atoms with van der Waals surface area (Å²) in [4.78, 5) is 45.6. The molecule has 0 aliphatic carbocycles. The number of halogens is 2. The van der Waals surface area contributed by atoms with Gasteiger partial charge in [0.2, 0.25) is 0 Å². The Labute approximate surface area is 138 Å². The molecule has 0 fully saturated rings. The molecule has 0 unspecified atom stereocenters. The highest BCUT2D eigenvalue weighted by atomic mass is 79.9. The van der Waals surface area contributed by atoms with Gasteiger partial charge in [-0.25, -0.2) is 9.97 Å². The van der Waals surface area contributed by atoms with Gasteiger partial charge in [-0.1, -0.05) is 45.7 Å². The van der Waals surface area contributed by atoms with Gasteiger partial charge in [0.1, 0.15) is 0 Å². The summed E-state index contributed by atoms with van der Waals surface area (Å²) in [5.74, 6) is -1.53.